The van der Waals surface area contributed by atoms with Gasteiger partial charge in [-0.15, -0.1) is 0 Å². The van der Waals surface area contributed by atoms with Crippen LogP contribution in [0.1, 0.15) is 16.1 Å². The third kappa shape index (κ3) is 6.91. The van der Waals surface area contributed by atoms with Crippen molar-refractivity contribution in [1.29, 1.82) is 0 Å². The summed E-state index contributed by atoms with van der Waals surface area (Å²) in [7, 11) is 1.64. The number of nitrogens with zero attached hydrogens (tertiary/aromatic N) is 1. The van der Waals surface area contributed by atoms with E-state index in [0.717, 1.165) is 46.9 Å². The Balaban J connectivity index is 1.37. The monoisotopic (exact) mass is 467 g/mol. The highest BCUT2D eigenvalue weighted by atomic mass is 16.5. The molecule has 0 saturated carbocycles. The van der Waals surface area contributed by atoms with E-state index in [4.69, 9.17) is 9.47 Å². The lowest BCUT2D eigenvalue weighted by molar-refractivity contribution is 0.102. The molecule has 0 bridgehead atoms. The molecule has 1 heterocycles. The van der Waals surface area contributed by atoms with Crippen molar-refractivity contribution < 1.29 is 14.3 Å². The van der Waals surface area contributed by atoms with Gasteiger partial charge < -0.3 is 20.1 Å². The highest BCUT2D eigenvalue weighted by molar-refractivity contribution is 6.08. The topological polar surface area (TPSA) is 72.5 Å². The van der Waals surface area contributed by atoms with Crippen LogP contribution in [-0.2, 0) is 11.2 Å². The minimum absolute atomic E-state index is 0.156. The van der Waals surface area contributed by atoms with Crippen molar-refractivity contribution in [1.82, 2.24) is 4.98 Å². The predicted octanol–water partition coefficient (Wildman–Crippen LogP) is 5.68. The summed E-state index contributed by atoms with van der Waals surface area (Å²) in [5, 5.41) is 6.39. The molecule has 2 N–H and O–H groups in total. The Hall–Kier alpha value is -4.16. The van der Waals surface area contributed by atoms with Crippen molar-refractivity contribution in [2.24, 2.45) is 0 Å². The number of amides is 1. The number of hydrogen-bond acceptors (Lipinski definition) is 5. The van der Waals surface area contributed by atoms with Crippen LogP contribution in [0.3, 0.4) is 0 Å². The molecule has 1 amide bonds. The van der Waals surface area contributed by atoms with E-state index in [0.29, 0.717) is 18.8 Å². The number of hydrogen-bond donors (Lipinski definition) is 2. The quantitative estimate of drug-likeness (QED) is 0.278. The summed E-state index contributed by atoms with van der Waals surface area (Å²) in [6.45, 7) is 1.81. The number of pyridine rings is 1. The zero-order valence-corrected chi connectivity index (χ0v) is 19.7. The lowest BCUT2D eigenvalue weighted by Crippen LogP contribution is -2.13. The molecule has 178 valence electrons. The van der Waals surface area contributed by atoms with Gasteiger partial charge in [-0.25, -0.2) is 0 Å². The van der Waals surface area contributed by atoms with Gasteiger partial charge in [-0.05, 0) is 65.7 Å². The van der Waals surface area contributed by atoms with Gasteiger partial charge in [0.15, 0.2) is 0 Å². The molecule has 6 nitrogen and oxygen atoms in total. The summed E-state index contributed by atoms with van der Waals surface area (Å²) >= 11 is 0. The molecule has 0 radical (unpaired) electrons. The SMILES string of the molecule is COCCOc1ccc(-c2ccccc2C(=O)Nc2ccc(NCCc3ccccn3)cc2)cc1. The molecule has 0 unspecified atom stereocenters. The molecule has 0 atom stereocenters. The van der Waals surface area contributed by atoms with Gasteiger partial charge in [-0.1, -0.05) is 36.4 Å². The van der Waals surface area contributed by atoms with Crippen molar-refractivity contribution in [3.8, 4) is 16.9 Å². The van der Waals surface area contributed by atoms with Crippen LogP contribution >= 0.6 is 0 Å². The van der Waals surface area contributed by atoms with E-state index >= 15 is 0 Å². The number of rotatable bonds is 11. The zero-order valence-electron chi connectivity index (χ0n) is 19.7. The second kappa shape index (κ2) is 12.3. The highest BCUT2D eigenvalue weighted by Crippen LogP contribution is 2.27. The van der Waals surface area contributed by atoms with Crippen LogP contribution in [0.4, 0.5) is 11.4 Å². The molecule has 0 aliphatic carbocycles. The fraction of sp³-hybridized carbons (Fsp3) is 0.172. The Kier molecular flexibility index (Phi) is 8.46. The first kappa shape index (κ1) is 24.0. The average Bonchev–Trinajstić information content (AvgIpc) is 2.91. The van der Waals surface area contributed by atoms with E-state index in [2.05, 4.69) is 15.6 Å². The van der Waals surface area contributed by atoms with Gasteiger partial charge >= 0.3 is 0 Å². The highest BCUT2D eigenvalue weighted by Gasteiger charge is 2.13. The van der Waals surface area contributed by atoms with Gasteiger partial charge in [0.2, 0.25) is 0 Å². The van der Waals surface area contributed by atoms with Gasteiger partial charge in [-0.3, -0.25) is 9.78 Å². The van der Waals surface area contributed by atoms with E-state index in [1.807, 2.05) is 91.0 Å². The Bertz CT molecular complexity index is 1210. The van der Waals surface area contributed by atoms with Crippen molar-refractivity contribution in [2.45, 2.75) is 6.42 Å². The molecule has 0 aliphatic rings. The number of carbonyl (C=O) groups is 1. The number of nitrogens with one attached hydrogen (secondary N) is 2. The normalized spacial score (nSPS) is 10.5. The largest absolute Gasteiger partial charge is 0.491 e. The summed E-state index contributed by atoms with van der Waals surface area (Å²) in [6, 6.07) is 28.9. The Morgan fingerprint density at radius 3 is 2.31 bits per heavy atom. The Morgan fingerprint density at radius 2 is 1.57 bits per heavy atom. The summed E-state index contributed by atoms with van der Waals surface area (Å²) in [5.74, 6) is 0.610. The molecule has 0 spiro atoms. The molecule has 4 rings (SSSR count). The molecule has 6 heteroatoms. The maximum absolute atomic E-state index is 13.1. The summed E-state index contributed by atoms with van der Waals surface area (Å²) in [6.07, 6.45) is 2.65. The minimum atomic E-state index is -0.156. The van der Waals surface area contributed by atoms with Crippen LogP contribution < -0.4 is 15.4 Å². The number of anilines is 2. The summed E-state index contributed by atoms with van der Waals surface area (Å²) < 4.78 is 10.7. The van der Waals surface area contributed by atoms with Crippen molar-refractivity contribution in [3.63, 3.8) is 0 Å². The maximum Gasteiger partial charge on any atom is 0.256 e. The fourth-order valence-electron chi connectivity index (χ4n) is 3.66. The molecular weight excluding hydrogens is 438 g/mol. The molecule has 0 saturated heterocycles. The second-order valence-electron chi connectivity index (χ2n) is 7.94. The van der Waals surface area contributed by atoms with E-state index in [1.54, 1.807) is 13.3 Å². The predicted molar refractivity (Wildman–Crippen MR) is 140 cm³/mol. The van der Waals surface area contributed by atoms with E-state index < -0.39 is 0 Å². The Labute approximate surface area is 206 Å². The number of aromatic nitrogens is 1. The summed E-state index contributed by atoms with van der Waals surface area (Å²) in [5.41, 5.74) is 5.20. The van der Waals surface area contributed by atoms with E-state index in [9.17, 15) is 4.79 Å². The van der Waals surface area contributed by atoms with Crippen LogP contribution in [0, 0.1) is 0 Å². The van der Waals surface area contributed by atoms with Gasteiger partial charge in [-0.2, -0.15) is 0 Å². The molecule has 1 aromatic heterocycles. The second-order valence-corrected chi connectivity index (χ2v) is 7.94. The van der Waals surface area contributed by atoms with E-state index in [1.165, 1.54) is 0 Å². The Morgan fingerprint density at radius 1 is 0.829 bits per heavy atom. The van der Waals surface area contributed by atoms with Crippen LogP contribution in [0.5, 0.6) is 5.75 Å². The van der Waals surface area contributed by atoms with Crippen LogP contribution in [0.25, 0.3) is 11.1 Å². The average molecular weight is 468 g/mol. The minimum Gasteiger partial charge on any atom is -0.491 e. The first-order valence-corrected chi connectivity index (χ1v) is 11.6. The third-order valence-corrected chi connectivity index (χ3v) is 5.47. The lowest BCUT2D eigenvalue weighted by atomic mass is 9.99. The number of ether oxygens (including phenoxy) is 2. The summed E-state index contributed by atoms with van der Waals surface area (Å²) in [4.78, 5) is 17.4. The van der Waals surface area contributed by atoms with E-state index in [-0.39, 0.29) is 5.91 Å². The fourth-order valence-corrected chi connectivity index (χ4v) is 3.66. The van der Waals surface area contributed by atoms with Crippen LogP contribution in [-0.4, -0.2) is 37.8 Å². The van der Waals surface area contributed by atoms with Crippen LogP contribution in [0.2, 0.25) is 0 Å². The van der Waals surface area contributed by atoms with Gasteiger partial charge in [0, 0.05) is 48.9 Å². The standard InChI is InChI=1S/C29H29N3O3/c1-34-20-21-35-26-15-9-22(10-16-26)27-7-2-3-8-28(27)29(33)32-25-13-11-24(12-14-25)31-19-17-23-6-4-5-18-30-23/h2-16,18,31H,17,19-21H2,1H3,(H,32,33). The third-order valence-electron chi connectivity index (χ3n) is 5.47. The molecule has 3 aromatic carbocycles. The molecule has 0 aliphatic heterocycles. The van der Waals surface area contributed by atoms with Gasteiger partial charge in [0.1, 0.15) is 12.4 Å². The molecular formula is C29H29N3O3. The van der Waals surface area contributed by atoms with Crippen molar-refractivity contribution in [3.05, 3.63) is 108 Å². The number of benzene rings is 3. The zero-order chi connectivity index (χ0) is 24.3. The number of methoxy groups -OCH3 is 1. The lowest BCUT2D eigenvalue weighted by Gasteiger charge is -2.12. The molecule has 4 aromatic rings. The van der Waals surface area contributed by atoms with Crippen molar-refractivity contribution >= 4 is 17.3 Å². The van der Waals surface area contributed by atoms with Gasteiger partial charge in [0.25, 0.3) is 5.91 Å². The smallest absolute Gasteiger partial charge is 0.256 e. The van der Waals surface area contributed by atoms with Gasteiger partial charge in [0.05, 0.1) is 6.61 Å². The first-order chi connectivity index (χ1) is 17.2. The first-order valence-electron chi connectivity index (χ1n) is 11.6. The number of carbonyl (C=O) groups excluding carboxylic acids is 1. The molecule has 0 fully saturated rings. The van der Waals surface area contributed by atoms with Crippen molar-refractivity contribution in [2.75, 3.05) is 37.5 Å². The maximum atomic E-state index is 13.1. The van der Waals surface area contributed by atoms with Crippen LogP contribution in [0.15, 0.2) is 97.2 Å². The molecule has 35 heavy (non-hydrogen) atoms.